The monoisotopic (exact) mass is 397 g/mol. The Morgan fingerprint density at radius 2 is 1.93 bits per heavy atom. The second-order valence-electron chi connectivity index (χ2n) is 8.59. The van der Waals surface area contributed by atoms with Crippen LogP contribution in [0, 0.1) is 25.2 Å². The van der Waals surface area contributed by atoms with E-state index in [0.29, 0.717) is 10.6 Å². The van der Waals surface area contributed by atoms with E-state index in [4.69, 9.17) is 4.74 Å². The molecular formula is C22H27N3O2S. The second kappa shape index (κ2) is 7.23. The van der Waals surface area contributed by atoms with Crippen molar-refractivity contribution in [2.75, 3.05) is 11.9 Å². The number of para-hydroxylation sites is 1. The molecule has 0 atom stereocenters. The molecule has 148 valence electrons. The normalized spacial score (nSPS) is 16.8. The first kappa shape index (κ1) is 20.4. The van der Waals surface area contributed by atoms with Gasteiger partial charge in [-0.15, -0.1) is 11.3 Å². The number of hydrogen-bond acceptors (Lipinski definition) is 5. The largest absolute Gasteiger partial charge is 0.483 e. The molecule has 0 saturated carbocycles. The third-order valence-corrected chi connectivity index (χ3v) is 6.44. The molecule has 2 aromatic rings. The molecule has 0 radical (unpaired) electrons. The summed E-state index contributed by atoms with van der Waals surface area (Å²) < 4.78 is 5.75. The maximum absolute atomic E-state index is 12.5. The van der Waals surface area contributed by atoms with Crippen molar-refractivity contribution in [3.63, 3.8) is 0 Å². The summed E-state index contributed by atoms with van der Waals surface area (Å²) in [6.07, 6.45) is 0.750. The van der Waals surface area contributed by atoms with Crippen LogP contribution in [0.3, 0.4) is 0 Å². The average Bonchev–Trinajstić information content (AvgIpc) is 2.90. The molecule has 1 aromatic heterocycles. The standard InChI is InChI=1S/C22H27N3O2S/c1-13-8-7-9-14(2)18(13)27-12-17(26)24-20-16(11-23)15-10-21(3,4)25-22(5,6)19(15)28-20/h7-9,25H,10,12H2,1-6H3,(H,24,26). The smallest absolute Gasteiger partial charge is 0.262 e. The summed E-state index contributed by atoms with van der Waals surface area (Å²) in [6.45, 7) is 12.3. The molecule has 1 aliphatic heterocycles. The molecule has 1 amide bonds. The first-order valence-electron chi connectivity index (χ1n) is 9.38. The van der Waals surface area contributed by atoms with Gasteiger partial charge in [-0.05, 0) is 64.7 Å². The first-order valence-corrected chi connectivity index (χ1v) is 10.2. The van der Waals surface area contributed by atoms with E-state index in [1.54, 1.807) is 0 Å². The molecule has 0 unspecified atom stereocenters. The second-order valence-corrected chi connectivity index (χ2v) is 9.61. The number of nitriles is 1. The van der Waals surface area contributed by atoms with Crippen molar-refractivity contribution < 1.29 is 9.53 Å². The van der Waals surface area contributed by atoms with Crippen LogP contribution in [0.5, 0.6) is 5.75 Å². The van der Waals surface area contributed by atoms with Crippen LogP contribution in [0.4, 0.5) is 5.00 Å². The molecule has 3 rings (SSSR count). The summed E-state index contributed by atoms with van der Waals surface area (Å²) in [4.78, 5) is 13.6. The Balaban J connectivity index is 1.81. The number of anilines is 1. The number of nitrogens with zero attached hydrogens (tertiary/aromatic N) is 1. The van der Waals surface area contributed by atoms with Crippen molar-refractivity contribution in [3.8, 4) is 11.8 Å². The Morgan fingerprint density at radius 3 is 2.54 bits per heavy atom. The lowest BCUT2D eigenvalue weighted by Gasteiger charge is -2.42. The van der Waals surface area contributed by atoms with E-state index < -0.39 is 0 Å². The molecule has 2 heterocycles. The molecule has 0 spiro atoms. The lowest BCUT2D eigenvalue weighted by molar-refractivity contribution is -0.118. The van der Waals surface area contributed by atoms with Crippen LogP contribution in [0.25, 0.3) is 0 Å². The van der Waals surface area contributed by atoms with Gasteiger partial charge in [0.2, 0.25) is 0 Å². The van der Waals surface area contributed by atoms with Crippen LogP contribution in [-0.4, -0.2) is 18.1 Å². The van der Waals surface area contributed by atoms with E-state index in [1.165, 1.54) is 11.3 Å². The molecule has 5 nitrogen and oxygen atoms in total. The van der Waals surface area contributed by atoms with Gasteiger partial charge in [-0.25, -0.2) is 0 Å². The lowest BCUT2D eigenvalue weighted by Crippen LogP contribution is -2.54. The molecular weight excluding hydrogens is 370 g/mol. The number of carbonyl (C=O) groups excluding carboxylic acids is 1. The van der Waals surface area contributed by atoms with Crippen LogP contribution in [0.1, 0.15) is 54.8 Å². The fourth-order valence-corrected chi connectivity index (χ4v) is 5.30. The SMILES string of the molecule is Cc1cccc(C)c1OCC(=O)Nc1sc2c(c1C#N)CC(C)(C)NC2(C)C. The van der Waals surface area contributed by atoms with Crippen LogP contribution in [0.15, 0.2) is 18.2 Å². The van der Waals surface area contributed by atoms with E-state index in [-0.39, 0.29) is 23.6 Å². The number of ether oxygens (including phenoxy) is 1. The minimum Gasteiger partial charge on any atom is -0.483 e. The van der Waals surface area contributed by atoms with Crippen LogP contribution in [-0.2, 0) is 16.8 Å². The molecule has 2 N–H and O–H groups in total. The molecule has 28 heavy (non-hydrogen) atoms. The van der Waals surface area contributed by atoms with Crippen LogP contribution >= 0.6 is 11.3 Å². The van der Waals surface area contributed by atoms with Crippen LogP contribution in [0.2, 0.25) is 0 Å². The van der Waals surface area contributed by atoms with E-state index in [9.17, 15) is 10.1 Å². The zero-order valence-corrected chi connectivity index (χ0v) is 18.1. The zero-order valence-electron chi connectivity index (χ0n) is 17.3. The average molecular weight is 398 g/mol. The number of rotatable bonds is 4. The Morgan fingerprint density at radius 1 is 1.29 bits per heavy atom. The highest BCUT2D eigenvalue weighted by molar-refractivity contribution is 7.17. The Kier molecular flexibility index (Phi) is 5.26. The fraction of sp³-hybridized carbons (Fsp3) is 0.455. The van der Waals surface area contributed by atoms with Gasteiger partial charge in [-0.3, -0.25) is 4.79 Å². The summed E-state index contributed by atoms with van der Waals surface area (Å²) >= 11 is 1.48. The van der Waals surface area contributed by atoms with E-state index >= 15 is 0 Å². The van der Waals surface area contributed by atoms with Gasteiger partial charge in [0.15, 0.2) is 6.61 Å². The number of nitrogens with one attached hydrogen (secondary N) is 2. The lowest BCUT2D eigenvalue weighted by atomic mass is 9.81. The van der Waals surface area contributed by atoms with Gasteiger partial charge in [-0.2, -0.15) is 5.26 Å². The van der Waals surface area contributed by atoms with E-state index in [2.05, 4.69) is 44.4 Å². The van der Waals surface area contributed by atoms with Crippen molar-refractivity contribution in [2.24, 2.45) is 0 Å². The molecule has 0 saturated heterocycles. The third-order valence-electron chi connectivity index (χ3n) is 4.97. The number of aryl methyl sites for hydroxylation is 2. The minimum atomic E-state index is -0.261. The summed E-state index contributed by atoms with van der Waals surface area (Å²) in [7, 11) is 0. The van der Waals surface area contributed by atoms with Gasteiger partial charge in [0, 0.05) is 16.0 Å². The summed E-state index contributed by atoms with van der Waals surface area (Å²) in [6, 6.07) is 8.18. The number of benzene rings is 1. The van der Waals surface area contributed by atoms with Crippen LogP contribution < -0.4 is 15.4 Å². The highest BCUT2D eigenvalue weighted by Gasteiger charge is 2.40. The van der Waals surface area contributed by atoms with E-state index in [0.717, 1.165) is 33.7 Å². The number of thiophene rings is 1. The van der Waals surface area contributed by atoms with Crippen molar-refractivity contribution in [1.82, 2.24) is 5.32 Å². The Labute approximate surface area is 170 Å². The molecule has 0 bridgehead atoms. The van der Waals surface area contributed by atoms with Gasteiger partial charge in [-0.1, -0.05) is 18.2 Å². The zero-order chi connectivity index (χ0) is 20.7. The van der Waals surface area contributed by atoms with Crippen molar-refractivity contribution in [1.29, 1.82) is 5.26 Å². The first-order chi connectivity index (χ1) is 13.0. The summed E-state index contributed by atoms with van der Waals surface area (Å²) in [5.41, 5.74) is 3.22. The van der Waals surface area contributed by atoms with Gasteiger partial charge in [0.05, 0.1) is 5.56 Å². The predicted molar refractivity (Wildman–Crippen MR) is 113 cm³/mol. The molecule has 6 heteroatoms. The number of carbonyl (C=O) groups is 1. The van der Waals surface area contributed by atoms with Gasteiger partial charge in [0.25, 0.3) is 5.91 Å². The van der Waals surface area contributed by atoms with Crippen molar-refractivity contribution >= 4 is 22.2 Å². The number of fused-ring (bicyclic) bond motifs is 1. The van der Waals surface area contributed by atoms with Crippen molar-refractivity contribution in [2.45, 2.75) is 59.0 Å². The topological polar surface area (TPSA) is 74.1 Å². The highest BCUT2D eigenvalue weighted by Crippen LogP contribution is 2.44. The maximum atomic E-state index is 12.5. The van der Waals surface area contributed by atoms with Gasteiger partial charge < -0.3 is 15.4 Å². The quantitative estimate of drug-likeness (QED) is 0.801. The molecule has 0 aliphatic carbocycles. The van der Waals surface area contributed by atoms with Gasteiger partial charge in [0.1, 0.15) is 16.8 Å². The molecule has 1 aliphatic rings. The fourth-order valence-electron chi connectivity index (χ4n) is 4.06. The Bertz CT molecular complexity index is 947. The highest BCUT2D eigenvalue weighted by atomic mass is 32.1. The van der Waals surface area contributed by atoms with Crippen molar-refractivity contribution in [3.05, 3.63) is 45.3 Å². The number of amides is 1. The molecule has 0 fully saturated rings. The summed E-state index contributed by atoms with van der Waals surface area (Å²) in [5.74, 6) is 0.471. The molecule has 1 aromatic carbocycles. The third kappa shape index (κ3) is 3.91. The minimum absolute atomic E-state index is 0.0910. The maximum Gasteiger partial charge on any atom is 0.262 e. The number of hydrogen-bond donors (Lipinski definition) is 2. The van der Waals surface area contributed by atoms with E-state index in [1.807, 2.05) is 32.0 Å². The Hall–Kier alpha value is -2.36. The summed E-state index contributed by atoms with van der Waals surface area (Å²) in [5, 5.41) is 16.9. The predicted octanol–water partition coefficient (Wildman–Crippen LogP) is 4.41. The van der Waals surface area contributed by atoms with Gasteiger partial charge >= 0.3 is 0 Å².